The molecule has 0 unspecified atom stereocenters. The molecule has 0 amide bonds. The maximum atomic E-state index is 5.73. The molecule has 2 heterocycles. The lowest BCUT2D eigenvalue weighted by Crippen LogP contribution is -1.88. The molecule has 0 aliphatic carbocycles. The predicted octanol–water partition coefficient (Wildman–Crippen LogP) is 3.49. The van der Waals surface area contributed by atoms with Gasteiger partial charge in [0.2, 0.25) is 5.13 Å². The molecule has 0 aliphatic heterocycles. The first-order chi connectivity index (χ1) is 9.83. The molecule has 4 nitrogen and oxygen atoms in total. The van der Waals surface area contributed by atoms with Crippen LogP contribution in [0, 0.1) is 0 Å². The van der Waals surface area contributed by atoms with E-state index < -0.39 is 0 Å². The van der Waals surface area contributed by atoms with Crippen molar-refractivity contribution in [2.45, 2.75) is 0 Å². The Kier molecular flexibility index (Phi) is 2.40. The molecule has 2 aromatic heterocycles. The summed E-state index contributed by atoms with van der Waals surface area (Å²) in [6, 6.07) is 16.1. The highest BCUT2D eigenvalue weighted by molar-refractivity contribution is 7.18. The minimum absolute atomic E-state index is 0.477. The summed E-state index contributed by atoms with van der Waals surface area (Å²) in [7, 11) is 0. The molecule has 0 aliphatic rings. The van der Waals surface area contributed by atoms with Crippen LogP contribution in [0.4, 0.5) is 5.13 Å². The van der Waals surface area contributed by atoms with E-state index in [0.29, 0.717) is 5.13 Å². The third-order valence-corrected chi connectivity index (χ3v) is 4.01. The van der Waals surface area contributed by atoms with E-state index in [4.69, 9.17) is 10.7 Å². The first kappa shape index (κ1) is 11.3. The summed E-state index contributed by atoms with van der Waals surface area (Å²) in [5.41, 5.74) is 8.70. The Morgan fingerprint density at radius 1 is 0.800 bits per heavy atom. The highest BCUT2D eigenvalue weighted by atomic mass is 32.1. The van der Waals surface area contributed by atoms with Gasteiger partial charge in [0.1, 0.15) is 0 Å². The molecule has 0 atom stereocenters. The van der Waals surface area contributed by atoms with E-state index in [9.17, 15) is 0 Å². The summed E-state index contributed by atoms with van der Waals surface area (Å²) < 4.78 is 0. The molecular formula is C15H10N4S. The third-order valence-electron chi connectivity index (χ3n) is 3.24. The fourth-order valence-electron chi connectivity index (χ4n) is 2.41. The van der Waals surface area contributed by atoms with Crippen molar-refractivity contribution in [2.75, 3.05) is 5.73 Å². The zero-order valence-corrected chi connectivity index (χ0v) is 11.3. The summed E-state index contributed by atoms with van der Waals surface area (Å²) in [5.74, 6) is 0. The van der Waals surface area contributed by atoms with Crippen LogP contribution in [-0.4, -0.2) is 15.2 Å². The highest BCUT2D eigenvalue weighted by Gasteiger charge is 2.14. The van der Waals surface area contributed by atoms with Gasteiger partial charge in [-0.15, -0.1) is 10.2 Å². The monoisotopic (exact) mass is 278 g/mol. The van der Waals surface area contributed by atoms with Gasteiger partial charge in [0.05, 0.1) is 11.0 Å². The number of pyridine rings is 1. The van der Waals surface area contributed by atoms with Crippen LogP contribution in [0.25, 0.3) is 32.4 Å². The van der Waals surface area contributed by atoms with Crippen LogP contribution in [0.2, 0.25) is 0 Å². The zero-order valence-electron chi connectivity index (χ0n) is 10.4. The van der Waals surface area contributed by atoms with E-state index in [1.54, 1.807) is 0 Å². The average molecular weight is 278 g/mol. The first-order valence-corrected chi connectivity index (χ1v) is 7.01. The fraction of sp³-hybridized carbons (Fsp3) is 0. The molecule has 96 valence electrons. The minimum atomic E-state index is 0.477. The number of anilines is 1. The molecule has 2 aromatic carbocycles. The second-order valence-corrected chi connectivity index (χ2v) is 5.48. The summed E-state index contributed by atoms with van der Waals surface area (Å²) in [6.07, 6.45) is 0. The standard InChI is InChI=1S/C15H10N4S/c16-15-19-18-14(20-15)13-9-5-1-3-7-11(9)17-12-8-4-2-6-10(12)13/h1-8H,(H2,16,19). The van der Waals surface area contributed by atoms with E-state index >= 15 is 0 Å². The maximum Gasteiger partial charge on any atom is 0.203 e. The van der Waals surface area contributed by atoms with Gasteiger partial charge < -0.3 is 5.73 Å². The van der Waals surface area contributed by atoms with Gasteiger partial charge in [0, 0.05) is 16.3 Å². The number of nitrogens with zero attached hydrogens (tertiary/aromatic N) is 3. The predicted molar refractivity (Wildman–Crippen MR) is 82.6 cm³/mol. The molecule has 0 bridgehead atoms. The van der Waals surface area contributed by atoms with Crippen molar-refractivity contribution in [3.05, 3.63) is 48.5 Å². The number of para-hydroxylation sites is 2. The van der Waals surface area contributed by atoms with E-state index in [1.165, 1.54) is 11.3 Å². The van der Waals surface area contributed by atoms with Crippen molar-refractivity contribution < 1.29 is 0 Å². The van der Waals surface area contributed by atoms with Gasteiger partial charge in [-0.2, -0.15) is 0 Å². The van der Waals surface area contributed by atoms with Crippen LogP contribution in [0.5, 0.6) is 0 Å². The van der Waals surface area contributed by atoms with Crippen molar-refractivity contribution in [1.29, 1.82) is 0 Å². The number of nitrogen functional groups attached to an aromatic ring is 1. The lowest BCUT2D eigenvalue weighted by molar-refractivity contribution is 1.10. The molecule has 4 aromatic rings. The van der Waals surface area contributed by atoms with E-state index in [1.807, 2.05) is 36.4 Å². The van der Waals surface area contributed by atoms with Gasteiger partial charge in [0.15, 0.2) is 5.01 Å². The Morgan fingerprint density at radius 3 is 1.95 bits per heavy atom. The smallest absolute Gasteiger partial charge is 0.203 e. The Labute approximate surface area is 118 Å². The van der Waals surface area contributed by atoms with Crippen molar-refractivity contribution >= 4 is 38.3 Å². The van der Waals surface area contributed by atoms with E-state index in [2.05, 4.69) is 22.3 Å². The van der Waals surface area contributed by atoms with Crippen molar-refractivity contribution in [3.63, 3.8) is 0 Å². The largest absolute Gasteiger partial charge is 0.374 e. The summed E-state index contributed by atoms with van der Waals surface area (Å²) in [4.78, 5) is 4.70. The van der Waals surface area contributed by atoms with Crippen LogP contribution >= 0.6 is 11.3 Å². The third kappa shape index (κ3) is 1.64. The maximum absolute atomic E-state index is 5.73. The number of hydrogen-bond donors (Lipinski definition) is 1. The van der Waals surface area contributed by atoms with Gasteiger partial charge in [-0.1, -0.05) is 47.7 Å². The van der Waals surface area contributed by atoms with Gasteiger partial charge in [-0.25, -0.2) is 4.98 Å². The normalized spacial score (nSPS) is 11.2. The van der Waals surface area contributed by atoms with E-state index in [-0.39, 0.29) is 0 Å². The van der Waals surface area contributed by atoms with Crippen LogP contribution in [0.3, 0.4) is 0 Å². The molecule has 4 rings (SSSR count). The van der Waals surface area contributed by atoms with E-state index in [0.717, 1.165) is 32.4 Å². The number of benzene rings is 2. The first-order valence-electron chi connectivity index (χ1n) is 6.20. The quantitative estimate of drug-likeness (QED) is 0.541. The van der Waals surface area contributed by atoms with Crippen LogP contribution in [0.15, 0.2) is 48.5 Å². The molecule has 20 heavy (non-hydrogen) atoms. The number of aromatic nitrogens is 3. The second-order valence-electron chi connectivity index (χ2n) is 4.47. The molecule has 0 spiro atoms. The summed E-state index contributed by atoms with van der Waals surface area (Å²) >= 11 is 1.40. The number of fused-ring (bicyclic) bond motifs is 2. The van der Waals surface area contributed by atoms with Crippen molar-refractivity contribution in [3.8, 4) is 10.6 Å². The van der Waals surface area contributed by atoms with Crippen molar-refractivity contribution in [2.24, 2.45) is 0 Å². The number of rotatable bonds is 1. The Bertz CT molecular complexity index is 875. The van der Waals surface area contributed by atoms with Gasteiger partial charge in [0.25, 0.3) is 0 Å². The Balaban J connectivity index is 2.23. The van der Waals surface area contributed by atoms with Gasteiger partial charge in [-0.3, -0.25) is 0 Å². The number of hydrogen-bond acceptors (Lipinski definition) is 5. The lowest BCUT2D eigenvalue weighted by atomic mass is 10.0. The van der Waals surface area contributed by atoms with Gasteiger partial charge in [-0.05, 0) is 12.1 Å². The molecule has 0 saturated carbocycles. The van der Waals surface area contributed by atoms with Gasteiger partial charge >= 0.3 is 0 Å². The van der Waals surface area contributed by atoms with Crippen LogP contribution in [0.1, 0.15) is 0 Å². The Hall–Kier alpha value is -2.53. The molecule has 2 N–H and O–H groups in total. The zero-order chi connectivity index (χ0) is 13.5. The summed E-state index contributed by atoms with van der Waals surface area (Å²) in [6.45, 7) is 0. The summed E-state index contributed by atoms with van der Waals surface area (Å²) in [5, 5.41) is 11.6. The molecule has 0 radical (unpaired) electrons. The molecule has 0 saturated heterocycles. The topological polar surface area (TPSA) is 64.7 Å². The van der Waals surface area contributed by atoms with Crippen LogP contribution in [-0.2, 0) is 0 Å². The number of nitrogens with two attached hydrogens (primary N) is 1. The Morgan fingerprint density at radius 2 is 1.40 bits per heavy atom. The molecule has 0 fully saturated rings. The van der Waals surface area contributed by atoms with Crippen LogP contribution < -0.4 is 5.73 Å². The second kappa shape index (κ2) is 4.25. The average Bonchev–Trinajstić information content (AvgIpc) is 2.91. The molecule has 5 heteroatoms. The highest BCUT2D eigenvalue weighted by Crippen LogP contribution is 2.36. The minimum Gasteiger partial charge on any atom is -0.374 e. The van der Waals surface area contributed by atoms with Crippen molar-refractivity contribution in [1.82, 2.24) is 15.2 Å². The lowest BCUT2D eigenvalue weighted by Gasteiger charge is -2.07. The SMILES string of the molecule is Nc1nnc(-c2c3ccccc3nc3ccccc23)s1. The molecular weight excluding hydrogens is 268 g/mol. The fourth-order valence-corrected chi connectivity index (χ4v) is 3.09.